The molecule has 4 aliphatic rings. The molecule has 0 bridgehead atoms. The lowest BCUT2D eigenvalue weighted by molar-refractivity contribution is 0.0979. The van der Waals surface area contributed by atoms with Crippen molar-refractivity contribution in [2.24, 2.45) is 0 Å². The number of allylic oxidation sites excluding steroid dienone is 4. The monoisotopic (exact) mass is 539 g/mol. The molecule has 0 atom stereocenters. The lowest BCUT2D eigenvalue weighted by atomic mass is 9.63. The topological polar surface area (TPSA) is 37.4 Å². The number of hydrogen-bond donors (Lipinski definition) is 0. The highest BCUT2D eigenvalue weighted by atomic mass is 16.1. The maximum atomic E-state index is 13.7. The minimum atomic E-state index is -0.439. The van der Waals surface area contributed by atoms with Crippen LogP contribution in [0.15, 0.2) is 133 Å². The Morgan fingerprint density at radius 1 is 0.548 bits per heavy atom. The van der Waals surface area contributed by atoms with E-state index < -0.39 is 5.41 Å². The van der Waals surface area contributed by atoms with Crippen LogP contribution in [0.3, 0.4) is 0 Å². The van der Waals surface area contributed by atoms with E-state index in [1.807, 2.05) is 30.3 Å². The molecule has 9 rings (SSSR count). The zero-order valence-corrected chi connectivity index (χ0v) is 22.8. The van der Waals surface area contributed by atoms with E-state index in [1.54, 1.807) is 12.1 Å². The van der Waals surface area contributed by atoms with E-state index in [0.717, 1.165) is 29.9 Å². The van der Waals surface area contributed by atoms with Crippen molar-refractivity contribution in [3.8, 4) is 0 Å². The summed E-state index contributed by atoms with van der Waals surface area (Å²) in [4.78, 5) is 29.3. The van der Waals surface area contributed by atoms with Crippen LogP contribution in [-0.4, -0.2) is 11.6 Å². The fraction of sp³-hybridized carbons (Fsp3) is 0.0769. The summed E-state index contributed by atoms with van der Waals surface area (Å²) in [6, 6.07) is 39.0. The number of carbonyl (C=O) groups is 2. The Kier molecular flexibility index (Phi) is 4.67. The second-order valence-corrected chi connectivity index (χ2v) is 11.4. The molecule has 5 aromatic carbocycles. The zero-order chi connectivity index (χ0) is 28.0. The molecule has 0 fully saturated rings. The van der Waals surface area contributed by atoms with Gasteiger partial charge in [-0.05, 0) is 76.6 Å². The maximum absolute atomic E-state index is 13.7. The summed E-state index contributed by atoms with van der Waals surface area (Å²) in [6.45, 7) is 0. The minimum absolute atomic E-state index is 0.101. The molecule has 0 radical (unpaired) electrons. The van der Waals surface area contributed by atoms with Crippen LogP contribution in [0.2, 0.25) is 0 Å². The minimum Gasteiger partial charge on any atom is -0.310 e. The van der Waals surface area contributed by atoms with Gasteiger partial charge in [-0.1, -0.05) is 97.1 Å². The first kappa shape index (κ1) is 23.4. The Morgan fingerprint density at radius 2 is 1.10 bits per heavy atom. The quantitative estimate of drug-likeness (QED) is 0.210. The molecule has 0 unspecified atom stereocenters. The average molecular weight is 540 g/mol. The SMILES string of the molecule is O=C1c2ccccc2C(=O)c2cc(N3c4ccccc4C4(C5=C(CCC=C5)c5ccccc54)c4ccccc43)ccc21. The van der Waals surface area contributed by atoms with Crippen molar-refractivity contribution in [1.29, 1.82) is 0 Å². The number of para-hydroxylation sites is 2. The van der Waals surface area contributed by atoms with Gasteiger partial charge in [0.05, 0.1) is 16.8 Å². The van der Waals surface area contributed by atoms with Crippen molar-refractivity contribution in [3.63, 3.8) is 0 Å². The smallest absolute Gasteiger partial charge is 0.194 e. The van der Waals surface area contributed by atoms with Crippen molar-refractivity contribution >= 4 is 34.2 Å². The molecule has 0 saturated carbocycles. The standard InChI is InChI=1S/C39H25NO2/c41-37-27-13-1-2-14-28(27)38(42)30-23-24(21-22-29(30)37)40-35-19-9-7-17-33(35)39(34-18-8-10-20-36(34)40)31-15-5-3-11-25(31)26-12-4-6-16-32(26)39/h1-3,5-11,13-23H,4,12H2. The lowest BCUT2D eigenvalue weighted by Gasteiger charge is -2.45. The van der Waals surface area contributed by atoms with Crippen LogP contribution in [0, 0.1) is 0 Å². The lowest BCUT2D eigenvalue weighted by Crippen LogP contribution is -2.37. The molecule has 3 aliphatic carbocycles. The zero-order valence-electron chi connectivity index (χ0n) is 22.8. The Morgan fingerprint density at radius 3 is 1.79 bits per heavy atom. The predicted octanol–water partition coefficient (Wildman–Crippen LogP) is 8.70. The summed E-state index contributed by atoms with van der Waals surface area (Å²) in [5, 5.41) is 0. The van der Waals surface area contributed by atoms with Crippen LogP contribution in [-0.2, 0) is 5.41 Å². The van der Waals surface area contributed by atoms with Gasteiger partial charge in [0.1, 0.15) is 0 Å². The second kappa shape index (κ2) is 8.37. The van der Waals surface area contributed by atoms with E-state index in [4.69, 9.17) is 0 Å². The Labute approximate surface area is 244 Å². The van der Waals surface area contributed by atoms with Gasteiger partial charge in [0.2, 0.25) is 0 Å². The molecule has 5 aromatic rings. The van der Waals surface area contributed by atoms with Crippen molar-refractivity contribution in [1.82, 2.24) is 0 Å². The molecule has 0 aromatic heterocycles. The number of ketones is 2. The normalized spacial score (nSPS) is 16.9. The first-order chi connectivity index (χ1) is 20.7. The van der Waals surface area contributed by atoms with Crippen LogP contribution in [0.5, 0.6) is 0 Å². The van der Waals surface area contributed by atoms with E-state index in [0.29, 0.717) is 22.3 Å². The number of anilines is 3. The summed E-state index contributed by atoms with van der Waals surface area (Å²) in [7, 11) is 0. The highest BCUT2D eigenvalue weighted by molar-refractivity contribution is 6.28. The third-order valence-corrected chi connectivity index (χ3v) is 9.50. The molecule has 1 spiro atoms. The molecular weight excluding hydrogens is 514 g/mol. The van der Waals surface area contributed by atoms with E-state index in [1.165, 1.54) is 33.4 Å². The number of rotatable bonds is 1. The van der Waals surface area contributed by atoms with Gasteiger partial charge in [-0.3, -0.25) is 9.59 Å². The molecule has 1 aliphatic heterocycles. The Hall–Kier alpha value is -5.28. The van der Waals surface area contributed by atoms with Gasteiger partial charge in [-0.15, -0.1) is 0 Å². The van der Waals surface area contributed by atoms with Crippen molar-refractivity contribution in [2.75, 3.05) is 4.90 Å². The fourth-order valence-corrected chi connectivity index (χ4v) is 7.84. The number of hydrogen-bond acceptors (Lipinski definition) is 3. The molecule has 0 N–H and O–H groups in total. The predicted molar refractivity (Wildman–Crippen MR) is 166 cm³/mol. The first-order valence-electron chi connectivity index (χ1n) is 14.5. The molecular formula is C39H25NO2. The number of fused-ring (bicyclic) bond motifs is 10. The van der Waals surface area contributed by atoms with Crippen LogP contribution < -0.4 is 4.90 Å². The van der Waals surface area contributed by atoms with Gasteiger partial charge in [0.15, 0.2) is 11.6 Å². The van der Waals surface area contributed by atoms with Crippen LogP contribution >= 0.6 is 0 Å². The van der Waals surface area contributed by atoms with E-state index in [9.17, 15) is 9.59 Å². The van der Waals surface area contributed by atoms with E-state index in [-0.39, 0.29) is 11.6 Å². The largest absolute Gasteiger partial charge is 0.310 e. The fourth-order valence-electron chi connectivity index (χ4n) is 7.84. The second-order valence-electron chi connectivity index (χ2n) is 11.4. The molecule has 42 heavy (non-hydrogen) atoms. The summed E-state index contributed by atoms with van der Waals surface area (Å²) >= 11 is 0. The molecule has 3 heteroatoms. The van der Waals surface area contributed by atoms with Crippen LogP contribution in [0.25, 0.3) is 5.57 Å². The molecule has 0 amide bonds. The van der Waals surface area contributed by atoms with Gasteiger partial charge >= 0.3 is 0 Å². The van der Waals surface area contributed by atoms with Gasteiger partial charge in [0, 0.05) is 27.9 Å². The number of carbonyl (C=O) groups excluding carboxylic acids is 2. The van der Waals surface area contributed by atoms with Crippen molar-refractivity contribution in [3.05, 3.63) is 177 Å². The van der Waals surface area contributed by atoms with Crippen molar-refractivity contribution < 1.29 is 9.59 Å². The van der Waals surface area contributed by atoms with Gasteiger partial charge in [-0.2, -0.15) is 0 Å². The molecule has 0 saturated heterocycles. The average Bonchev–Trinajstić information content (AvgIpc) is 3.35. The van der Waals surface area contributed by atoms with Gasteiger partial charge < -0.3 is 4.90 Å². The van der Waals surface area contributed by atoms with E-state index >= 15 is 0 Å². The first-order valence-corrected chi connectivity index (χ1v) is 14.5. The third-order valence-electron chi connectivity index (χ3n) is 9.50. The molecule has 3 nitrogen and oxygen atoms in total. The third kappa shape index (κ3) is 2.80. The highest BCUT2D eigenvalue weighted by Gasteiger charge is 2.52. The van der Waals surface area contributed by atoms with E-state index in [2.05, 4.69) is 89.8 Å². The Bertz CT molecular complexity index is 2050. The van der Waals surface area contributed by atoms with Crippen molar-refractivity contribution in [2.45, 2.75) is 18.3 Å². The summed E-state index contributed by atoms with van der Waals surface area (Å²) in [5.41, 5.74) is 12.3. The van der Waals surface area contributed by atoms with Crippen LogP contribution in [0.4, 0.5) is 17.1 Å². The number of benzene rings is 5. The maximum Gasteiger partial charge on any atom is 0.194 e. The Balaban J connectivity index is 1.32. The van der Waals surface area contributed by atoms with Gasteiger partial charge in [0.25, 0.3) is 0 Å². The summed E-state index contributed by atoms with van der Waals surface area (Å²) in [5.74, 6) is -0.208. The summed E-state index contributed by atoms with van der Waals surface area (Å²) < 4.78 is 0. The number of nitrogens with zero attached hydrogens (tertiary/aromatic N) is 1. The highest BCUT2D eigenvalue weighted by Crippen LogP contribution is 2.63. The van der Waals surface area contributed by atoms with Gasteiger partial charge in [-0.25, -0.2) is 0 Å². The van der Waals surface area contributed by atoms with Crippen LogP contribution in [0.1, 0.15) is 66.9 Å². The summed E-state index contributed by atoms with van der Waals surface area (Å²) in [6.07, 6.45) is 6.74. The molecule has 1 heterocycles. The molecule has 198 valence electrons.